The molecule has 0 unspecified atom stereocenters. The van der Waals surface area contributed by atoms with Crippen LogP contribution >= 0.6 is 0 Å². The fraction of sp³-hybridized carbons (Fsp3) is 0.417. The summed E-state index contributed by atoms with van der Waals surface area (Å²) < 4.78 is 18.6. The van der Waals surface area contributed by atoms with E-state index >= 15 is 0 Å². The third-order valence-electron chi connectivity index (χ3n) is 2.72. The van der Waals surface area contributed by atoms with Gasteiger partial charge in [-0.3, -0.25) is 4.90 Å². The highest BCUT2D eigenvalue weighted by Gasteiger charge is 2.23. The molecular formula is C12H13FN2O. The van der Waals surface area contributed by atoms with Gasteiger partial charge in [0, 0.05) is 18.7 Å². The summed E-state index contributed by atoms with van der Waals surface area (Å²) in [5, 5.41) is 8.94. The average Bonchev–Trinajstić information content (AvgIpc) is 2.33. The fourth-order valence-corrected chi connectivity index (χ4v) is 1.79. The van der Waals surface area contributed by atoms with Crippen LogP contribution in [0.4, 0.5) is 4.39 Å². The van der Waals surface area contributed by atoms with Crippen LogP contribution in [0, 0.1) is 17.1 Å². The van der Waals surface area contributed by atoms with Crippen LogP contribution in [0.5, 0.6) is 0 Å². The lowest BCUT2D eigenvalue weighted by atomic mass is 10.1. The van der Waals surface area contributed by atoms with Gasteiger partial charge in [0.05, 0.1) is 19.3 Å². The molecule has 1 heterocycles. The summed E-state index contributed by atoms with van der Waals surface area (Å²) in [5.41, 5.74) is 0.629. The zero-order valence-corrected chi connectivity index (χ0v) is 8.90. The van der Waals surface area contributed by atoms with Gasteiger partial charge in [-0.05, 0) is 6.07 Å². The number of nitriles is 1. The first kappa shape index (κ1) is 11.1. The minimum absolute atomic E-state index is 0.217. The van der Waals surface area contributed by atoms with Gasteiger partial charge >= 0.3 is 0 Å². The third-order valence-corrected chi connectivity index (χ3v) is 2.72. The number of ether oxygens (including phenoxy) is 1. The molecule has 1 atom stereocenters. The maximum Gasteiger partial charge on any atom is 0.127 e. The Labute approximate surface area is 94.0 Å². The Kier molecular flexibility index (Phi) is 3.50. The Morgan fingerprint density at radius 1 is 1.50 bits per heavy atom. The zero-order chi connectivity index (χ0) is 11.4. The molecule has 0 saturated carbocycles. The maximum absolute atomic E-state index is 13.4. The van der Waals surface area contributed by atoms with E-state index in [2.05, 4.69) is 6.07 Å². The van der Waals surface area contributed by atoms with Crippen molar-refractivity contribution in [2.75, 3.05) is 19.8 Å². The second kappa shape index (κ2) is 5.06. The van der Waals surface area contributed by atoms with E-state index in [4.69, 9.17) is 10.00 Å². The first-order chi connectivity index (χ1) is 7.81. The number of nitrogens with zero attached hydrogens (tertiary/aromatic N) is 2. The second-order valence-electron chi connectivity index (χ2n) is 3.78. The smallest absolute Gasteiger partial charge is 0.127 e. The maximum atomic E-state index is 13.4. The Balaban J connectivity index is 2.09. The third kappa shape index (κ3) is 2.38. The Hall–Kier alpha value is -1.44. The molecule has 0 spiro atoms. The number of benzene rings is 1. The summed E-state index contributed by atoms with van der Waals surface area (Å²) in [6.45, 7) is 2.15. The molecule has 84 valence electrons. The van der Waals surface area contributed by atoms with Crippen LogP contribution in [0.3, 0.4) is 0 Å². The summed E-state index contributed by atoms with van der Waals surface area (Å²) in [7, 11) is 0. The van der Waals surface area contributed by atoms with E-state index in [0.29, 0.717) is 31.9 Å². The highest BCUT2D eigenvalue weighted by molar-refractivity contribution is 5.17. The molecule has 1 aromatic carbocycles. The number of morpholine rings is 1. The van der Waals surface area contributed by atoms with Gasteiger partial charge in [-0.1, -0.05) is 18.2 Å². The standard InChI is InChI=1S/C12H13FN2O/c13-12-4-2-1-3-10(12)8-15-5-6-16-9-11(15)7-14/h1-4,11H,5-6,8-9H2/t11-/m1/s1. The van der Waals surface area contributed by atoms with Crippen molar-refractivity contribution < 1.29 is 9.13 Å². The van der Waals surface area contributed by atoms with E-state index in [1.54, 1.807) is 18.2 Å². The van der Waals surface area contributed by atoms with Gasteiger partial charge < -0.3 is 4.74 Å². The van der Waals surface area contributed by atoms with Crippen molar-refractivity contribution in [3.05, 3.63) is 35.6 Å². The lowest BCUT2D eigenvalue weighted by Gasteiger charge is -2.31. The molecule has 4 heteroatoms. The van der Waals surface area contributed by atoms with Crippen LogP contribution in [0.15, 0.2) is 24.3 Å². The van der Waals surface area contributed by atoms with E-state index in [-0.39, 0.29) is 11.9 Å². The lowest BCUT2D eigenvalue weighted by Crippen LogP contribution is -2.44. The minimum atomic E-state index is -0.270. The molecule has 1 saturated heterocycles. The summed E-state index contributed by atoms with van der Waals surface area (Å²) in [6, 6.07) is 8.57. The van der Waals surface area contributed by atoms with Crippen molar-refractivity contribution in [3.8, 4) is 6.07 Å². The monoisotopic (exact) mass is 220 g/mol. The first-order valence-electron chi connectivity index (χ1n) is 5.26. The summed E-state index contributed by atoms with van der Waals surface area (Å²) in [6.07, 6.45) is 0. The quantitative estimate of drug-likeness (QED) is 0.758. The van der Waals surface area contributed by atoms with Gasteiger partial charge in [0.1, 0.15) is 11.9 Å². The Bertz CT molecular complexity index is 402. The van der Waals surface area contributed by atoms with Crippen molar-refractivity contribution in [3.63, 3.8) is 0 Å². The average molecular weight is 220 g/mol. The molecule has 0 N–H and O–H groups in total. The zero-order valence-electron chi connectivity index (χ0n) is 8.90. The molecule has 1 fully saturated rings. The number of hydrogen-bond donors (Lipinski definition) is 0. The molecule has 0 aromatic heterocycles. The van der Waals surface area contributed by atoms with E-state index in [1.807, 2.05) is 4.90 Å². The molecule has 16 heavy (non-hydrogen) atoms. The molecule has 1 aromatic rings. The van der Waals surface area contributed by atoms with Crippen LogP contribution in [-0.2, 0) is 11.3 Å². The topological polar surface area (TPSA) is 36.3 Å². The van der Waals surface area contributed by atoms with E-state index in [0.717, 1.165) is 0 Å². The fourth-order valence-electron chi connectivity index (χ4n) is 1.79. The summed E-state index contributed by atoms with van der Waals surface area (Å²) in [4.78, 5) is 1.95. The molecular weight excluding hydrogens is 207 g/mol. The van der Waals surface area contributed by atoms with Crippen LogP contribution in [-0.4, -0.2) is 30.7 Å². The number of rotatable bonds is 2. The van der Waals surface area contributed by atoms with Crippen molar-refractivity contribution in [1.29, 1.82) is 5.26 Å². The van der Waals surface area contributed by atoms with Crippen molar-refractivity contribution in [2.45, 2.75) is 12.6 Å². The van der Waals surface area contributed by atoms with Gasteiger partial charge in [-0.2, -0.15) is 5.26 Å². The minimum Gasteiger partial charge on any atom is -0.377 e. The number of halogens is 1. The summed E-state index contributed by atoms with van der Waals surface area (Å²) >= 11 is 0. The highest BCUT2D eigenvalue weighted by Crippen LogP contribution is 2.14. The molecule has 1 aliphatic heterocycles. The lowest BCUT2D eigenvalue weighted by molar-refractivity contribution is 0.00845. The predicted octanol–water partition coefficient (Wildman–Crippen LogP) is 1.55. The van der Waals surface area contributed by atoms with E-state index in [1.165, 1.54) is 6.07 Å². The largest absolute Gasteiger partial charge is 0.377 e. The van der Waals surface area contributed by atoms with E-state index < -0.39 is 0 Å². The molecule has 1 aliphatic rings. The van der Waals surface area contributed by atoms with Gasteiger partial charge in [0.25, 0.3) is 0 Å². The van der Waals surface area contributed by atoms with Crippen LogP contribution in [0.1, 0.15) is 5.56 Å². The molecule has 0 amide bonds. The highest BCUT2D eigenvalue weighted by atomic mass is 19.1. The number of hydrogen-bond acceptors (Lipinski definition) is 3. The van der Waals surface area contributed by atoms with Crippen molar-refractivity contribution >= 4 is 0 Å². The van der Waals surface area contributed by atoms with E-state index in [9.17, 15) is 4.39 Å². The Morgan fingerprint density at radius 2 is 2.31 bits per heavy atom. The Morgan fingerprint density at radius 3 is 3.06 bits per heavy atom. The molecule has 0 aliphatic carbocycles. The van der Waals surface area contributed by atoms with Crippen molar-refractivity contribution in [2.24, 2.45) is 0 Å². The SMILES string of the molecule is N#C[C@@H]1COCCN1Cc1ccccc1F. The molecule has 3 nitrogen and oxygen atoms in total. The second-order valence-corrected chi connectivity index (χ2v) is 3.78. The first-order valence-corrected chi connectivity index (χ1v) is 5.26. The van der Waals surface area contributed by atoms with Crippen LogP contribution < -0.4 is 0 Å². The summed E-state index contributed by atoms with van der Waals surface area (Å²) in [5.74, 6) is -0.217. The molecule has 2 rings (SSSR count). The predicted molar refractivity (Wildman–Crippen MR) is 57.0 cm³/mol. The normalized spacial score (nSPS) is 21.6. The molecule has 0 radical (unpaired) electrons. The van der Waals surface area contributed by atoms with Crippen LogP contribution in [0.2, 0.25) is 0 Å². The van der Waals surface area contributed by atoms with Gasteiger partial charge in [0.2, 0.25) is 0 Å². The van der Waals surface area contributed by atoms with Gasteiger partial charge in [-0.25, -0.2) is 4.39 Å². The van der Waals surface area contributed by atoms with Gasteiger partial charge in [-0.15, -0.1) is 0 Å². The molecule has 0 bridgehead atoms. The van der Waals surface area contributed by atoms with Crippen molar-refractivity contribution in [1.82, 2.24) is 4.90 Å². The van der Waals surface area contributed by atoms with Crippen LogP contribution in [0.25, 0.3) is 0 Å². The van der Waals surface area contributed by atoms with Gasteiger partial charge in [0.15, 0.2) is 0 Å².